The molecule has 10 heteroatoms. The molecule has 354 valence electrons. The largest absolute Gasteiger partial charge is 0.472 e. The van der Waals surface area contributed by atoms with Gasteiger partial charge in [-0.05, 0) is 57.8 Å². The molecule has 0 aliphatic rings. The first-order chi connectivity index (χ1) is 29.8. The van der Waals surface area contributed by atoms with Gasteiger partial charge in [0.1, 0.15) is 6.61 Å². The Hall–Kier alpha value is -2.29. The molecule has 0 saturated heterocycles. The average molecular weight is 878 g/mol. The molecule has 0 amide bonds. The molecule has 0 aromatic heterocycles. The van der Waals surface area contributed by atoms with Gasteiger partial charge in [-0.3, -0.25) is 18.6 Å². The molecule has 0 aliphatic carbocycles. The second-order valence-electron chi connectivity index (χ2n) is 16.3. The van der Waals surface area contributed by atoms with E-state index in [9.17, 15) is 19.0 Å². The Morgan fingerprint density at radius 1 is 0.508 bits per heavy atom. The Kier molecular flexibility index (Phi) is 45.4. The van der Waals surface area contributed by atoms with Crippen molar-refractivity contribution in [3.63, 3.8) is 0 Å². The van der Waals surface area contributed by atoms with Crippen LogP contribution in [0.15, 0.2) is 60.8 Å². The molecule has 0 saturated carbocycles. The zero-order valence-electron chi connectivity index (χ0n) is 39.1. The highest BCUT2D eigenvalue weighted by atomic mass is 31.2. The summed E-state index contributed by atoms with van der Waals surface area (Å²) < 4.78 is 32.9. The molecule has 9 nitrogen and oxygen atoms in total. The molecule has 0 aromatic rings. The maximum atomic E-state index is 12.6. The molecular weight excluding hydrogens is 786 g/mol. The number of phosphoric ester groups is 1. The number of unbranched alkanes of at least 4 members (excludes halogenated alkanes) is 23. The van der Waals surface area contributed by atoms with E-state index >= 15 is 0 Å². The normalized spacial score (nSPS) is 13.7. The molecule has 0 heterocycles. The Bertz CT molecular complexity index is 1180. The van der Waals surface area contributed by atoms with Crippen LogP contribution in [-0.4, -0.2) is 49.3 Å². The van der Waals surface area contributed by atoms with Crippen molar-refractivity contribution in [2.24, 2.45) is 5.73 Å². The van der Waals surface area contributed by atoms with Gasteiger partial charge in [-0.15, -0.1) is 0 Å². The van der Waals surface area contributed by atoms with Gasteiger partial charge in [-0.2, -0.15) is 0 Å². The van der Waals surface area contributed by atoms with Crippen LogP contribution in [0.1, 0.15) is 219 Å². The molecule has 0 fully saturated rings. The predicted molar refractivity (Wildman–Crippen MR) is 256 cm³/mol. The summed E-state index contributed by atoms with van der Waals surface area (Å²) in [6.07, 6.45) is 56.9. The van der Waals surface area contributed by atoms with Crippen LogP contribution in [0, 0.1) is 0 Å². The van der Waals surface area contributed by atoms with Crippen molar-refractivity contribution in [2.45, 2.75) is 225 Å². The first-order valence-electron chi connectivity index (χ1n) is 24.8. The van der Waals surface area contributed by atoms with Crippen molar-refractivity contribution in [1.82, 2.24) is 0 Å². The smallest absolute Gasteiger partial charge is 0.462 e. The van der Waals surface area contributed by atoms with Crippen LogP contribution in [0.4, 0.5) is 0 Å². The fraction of sp³-hybridized carbons (Fsp3) is 0.765. The van der Waals surface area contributed by atoms with E-state index in [4.69, 9.17) is 24.3 Å². The molecule has 0 bridgehead atoms. The summed E-state index contributed by atoms with van der Waals surface area (Å²) in [5, 5.41) is 0. The molecule has 0 spiro atoms. The molecule has 2 unspecified atom stereocenters. The maximum absolute atomic E-state index is 12.6. The zero-order valence-corrected chi connectivity index (χ0v) is 40.0. The number of ether oxygens (including phenoxy) is 2. The van der Waals surface area contributed by atoms with E-state index in [1.54, 1.807) is 0 Å². The van der Waals surface area contributed by atoms with Crippen LogP contribution in [0.25, 0.3) is 0 Å². The molecule has 0 aromatic carbocycles. The van der Waals surface area contributed by atoms with E-state index < -0.39 is 26.5 Å². The molecule has 0 radical (unpaired) electrons. The van der Waals surface area contributed by atoms with Crippen LogP contribution in [0.2, 0.25) is 0 Å². The highest BCUT2D eigenvalue weighted by Crippen LogP contribution is 2.43. The van der Waals surface area contributed by atoms with E-state index in [-0.39, 0.29) is 38.6 Å². The van der Waals surface area contributed by atoms with Gasteiger partial charge in [-0.25, -0.2) is 4.57 Å². The summed E-state index contributed by atoms with van der Waals surface area (Å²) in [4.78, 5) is 35.0. The fourth-order valence-corrected chi connectivity index (χ4v) is 7.55. The molecule has 0 aliphatic heterocycles. The molecular formula is C51H92NO8P. The quantitative estimate of drug-likeness (QED) is 0.0265. The third-order valence-electron chi connectivity index (χ3n) is 10.4. The molecule has 3 N–H and O–H groups in total. The first-order valence-corrected chi connectivity index (χ1v) is 26.3. The van der Waals surface area contributed by atoms with Crippen molar-refractivity contribution < 1.29 is 37.6 Å². The monoisotopic (exact) mass is 878 g/mol. The molecule has 2 atom stereocenters. The van der Waals surface area contributed by atoms with E-state index in [2.05, 4.69) is 74.6 Å². The van der Waals surface area contributed by atoms with E-state index in [0.717, 1.165) is 77.0 Å². The number of rotatable bonds is 46. The predicted octanol–water partition coefficient (Wildman–Crippen LogP) is 14.8. The standard InChI is InChI=1S/C51H92NO8P/c1-3-5-7-9-11-13-15-17-18-19-20-21-22-23-24-25-26-27-28-29-30-32-34-36-38-40-42-44-51(54)60-49(48-59-61(55,56)58-46-45-52)47-57-50(53)43-41-39-37-35-33-31-16-14-12-10-8-6-4-2/h5,7,11,13,17-18,20-21,23-24,49H,3-4,6,8-10,12,14-16,19,22,25-48,52H2,1-2H3,(H,55,56)/b7-5-,13-11-,18-17-,21-20-,24-23-. The van der Waals surface area contributed by atoms with Gasteiger partial charge in [0.15, 0.2) is 6.10 Å². The van der Waals surface area contributed by atoms with Crippen molar-refractivity contribution in [3.05, 3.63) is 60.8 Å². The fourth-order valence-electron chi connectivity index (χ4n) is 6.78. The lowest BCUT2D eigenvalue weighted by Gasteiger charge is -2.19. The third-order valence-corrected chi connectivity index (χ3v) is 11.4. The second-order valence-corrected chi connectivity index (χ2v) is 17.8. The number of allylic oxidation sites excluding steroid dienone is 10. The van der Waals surface area contributed by atoms with Crippen molar-refractivity contribution in [1.29, 1.82) is 0 Å². The Labute approximate surface area is 374 Å². The van der Waals surface area contributed by atoms with Crippen LogP contribution in [0.5, 0.6) is 0 Å². The van der Waals surface area contributed by atoms with E-state index in [1.165, 1.54) is 109 Å². The van der Waals surface area contributed by atoms with Gasteiger partial charge in [0, 0.05) is 19.4 Å². The minimum Gasteiger partial charge on any atom is -0.462 e. The van der Waals surface area contributed by atoms with Gasteiger partial charge in [0.2, 0.25) is 0 Å². The summed E-state index contributed by atoms with van der Waals surface area (Å²) >= 11 is 0. The molecule has 61 heavy (non-hydrogen) atoms. The highest BCUT2D eigenvalue weighted by Gasteiger charge is 2.26. The number of nitrogens with two attached hydrogens (primary N) is 1. The number of hydrogen-bond donors (Lipinski definition) is 2. The summed E-state index contributed by atoms with van der Waals surface area (Å²) in [6, 6.07) is 0. The van der Waals surface area contributed by atoms with E-state index in [1.807, 2.05) is 0 Å². The van der Waals surface area contributed by atoms with Crippen LogP contribution >= 0.6 is 7.82 Å². The summed E-state index contributed by atoms with van der Waals surface area (Å²) in [7, 11) is -4.38. The number of carbonyl (C=O) groups excluding carboxylic acids is 2. The van der Waals surface area contributed by atoms with Crippen LogP contribution in [-0.2, 0) is 32.7 Å². The van der Waals surface area contributed by atoms with Gasteiger partial charge < -0.3 is 20.1 Å². The van der Waals surface area contributed by atoms with Gasteiger partial charge in [-0.1, -0.05) is 209 Å². The van der Waals surface area contributed by atoms with Crippen molar-refractivity contribution in [3.8, 4) is 0 Å². The van der Waals surface area contributed by atoms with Gasteiger partial charge in [0.25, 0.3) is 0 Å². The summed E-state index contributed by atoms with van der Waals surface area (Å²) in [5.41, 5.74) is 5.36. The maximum Gasteiger partial charge on any atom is 0.472 e. The van der Waals surface area contributed by atoms with Gasteiger partial charge in [0.05, 0.1) is 13.2 Å². The lowest BCUT2D eigenvalue weighted by molar-refractivity contribution is -0.161. The van der Waals surface area contributed by atoms with Crippen LogP contribution in [0.3, 0.4) is 0 Å². The Morgan fingerprint density at radius 2 is 0.902 bits per heavy atom. The minimum absolute atomic E-state index is 0.0522. The first kappa shape index (κ1) is 58.7. The number of phosphoric acid groups is 1. The van der Waals surface area contributed by atoms with Gasteiger partial charge >= 0.3 is 19.8 Å². The number of carbonyl (C=O) groups is 2. The topological polar surface area (TPSA) is 134 Å². The molecule has 0 rings (SSSR count). The Morgan fingerprint density at radius 3 is 1.34 bits per heavy atom. The number of hydrogen-bond acceptors (Lipinski definition) is 8. The lowest BCUT2D eigenvalue weighted by atomic mass is 10.0. The summed E-state index contributed by atoms with van der Waals surface area (Å²) in [5.74, 6) is -0.828. The summed E-state index contributed by atoms with van der Waals surface area (Å²) in [6.45, 7) is 3.63. The number of esters is 2. The Balaban J connectivity index is 4.02. The SMILES string of the molecule is CC/C=C\C/C=C\C/C=C\C/C=C\C/C=C\CCCCCCCCCCCCCC(=O)OC(COC(=O)CCCCCCCCCCCCCCC)COP(=O)(O)OCCN. The lowest BCUT2D eigenvalue weighted by Crippen LogP contribution is -2.29. The average Bonchev–Trinajstić information content (AvgIpc) is 3.25. The van der Waals surface area contributed by atoms with Crippen LogP contribution < -0.4 is 5.73 Å². The third kappa shape index (κ3) is 47.0. The highest BCUT2D eigenvalue weighted by molar-refractivity contribution is 7.47. The van der Waals surface area contributed by atoms with Crippen molar-refractivity contribution >= 4 is 19.8 Å². The minimum atomic E-state index is -4.38. The van der Waals surface area contributed by atoms with E-state index in [0.29, 0.717) is 6.42 Å². The van der Waals surface area contributed by atoms with Crippen molar-refractivity contribution in [2.75, 3.05) is 26.4 Å². The second kappa shape index (κ2) is 47.2. The zero-order chi connectivity index (χ0) is 44.6.